The van der Waals surface area contributed by atoms with E-state index < -0.39 is 0 Å². The predicted octanol–water partition coefficient (Wildman–Crippen LogP) is 1.88. The molecule has 1 fully saturated rings. The summed E-state index contributed by atoms with van der Waals surface area (Å²) in [5.74, 6) is 0. The van der Waals surface area contributed by atoms with E-state index in [1.165, 1.54) is 5.69 Å². The first-order chi connectivity index (χ1) is 8.22. The fourth-order valence-electron chi connectivity index (χ4n) is 2.06. The summed E-state index contributed by atoms with van der Waals surface area (Å²) >= 11 is 3.52. The van der Waals surface area contributed by atoms with Crippen LogP contribution < -0.4 is 4.90 Å². The van der Waals surface area contributed by atoms with Crippen molar-refractivity contribution in [3.8, 4) is 6.07 Å². The van der Waals surface area contributed by atoms with Crippen LogP contribution in [0.25, 0.3) is 0 Å². The molecule has 17 heavy (non-hydrogen) atoms. The minimum atomic E-state index is 0.0121. The zero-order chi connectivity index (χ0) is 12.3. The number of piperazine rings is 1. The molecular formula is C12H15BrN4. The maximum Gasteiger partial charge on any atom is 0.0950 e. The zero-order valence-electron chi connectivity index (χ0n) is 9.80. The lowest BCUT2D eigenvalue weighted by Gasteiger charge is -2.37. The number of hydrogen-bond acceptors (Lipinski definition) is 4. The van der Waals surface area contributed by atoms with Gasteiger partial charge in [0, 0.05) is 38.6 Å². The van der Waals surface area contributed by atoms with Gasteiger partial charge in [-0.15, -0.1) is 0 Å². The highest BCUT2D eigenvalue weighted by Crippen LogP contribution is 2.25. The predicted molar refractivity (Wildman–Crippen MR) is 70.8 cm³/mol. The van der Waals surface area contributed by atoms with E-state index >= 15 is 0 Å². The Bertz CT molecular complexity index is 421. The average Bonchev–Trinajstić information content (AvgIpc) is 2.39. The molecule has 2 rings (SSSR count). The standard InChI is InChI=1S/C12H15BrN4/c1-10(8-14)16-4-6-17(7-5-16)12-2-3-15-9-11(12)13/h2-3,9-10H,4-7H2,1H3. The van der Waals surface area contributed by atoms with Gasteiger partial charge in [0.1, 0.15) is 0 Å². The van der Waals surface area contributed by atoms with Gasteiger partial charge in [0.2, 0.25) is 0 Å². The van der Waals surface area contributed by atoms with Crippen LogP contribution in [0.4, 0.5) is 5.69 Å². The number of halogens is 1. The summed E-state index contributed by atoms with van der Waals surface area (Å²) in [5.41, 5.74) is 1.18. The molecule has 5 heteroatoms. The largest absolute Gasteiger partial charge is 0.368 e. The molecule has 1 saturated heterocycles. The van der Waals surface area contributed by atoms with Crippen molar-refractivity contribution in [1.29, 1.82) is 5.26 Å². The highest BCUT2D eigenvalue weighted by Gasteiger charge is 2.21. The SMILES string of the molecule is CC(C#N)N1CCN(c2ccncc2Br)CC1. The second-order valence-corrected chi connectivity index (χ2v) is 5.01. The van der Waals surface area contributed by atoms with Gasteiger partial charge in [0.25, 0.3) is 0 Å². The summed E-state index contributed by atoms with van der Waals surface area (Å²) in [7, 11) is 0. The molecule has 0 N–H and O–H groups in total. The summed E-state index contributed by atoms with van der Waals surface area (Å²) in [5, 5.41) is 8.89. The van der Waals surface area contributed by atoms with Crippen LogP contribution in [0.1, 0.15) is 6.92 Å². The van der Waals surface area contributed by atoms with Crippen molar-refractivity contribution in [2.24, 2.45) is 0 Å². The van der Waals surface area contributed by atoms with Gasteiger partial charge in [0.15, 0.2) is 0 Å². The van der Waals surface area contributed by atoms with Crippen LogP contribution in [0.15, 0.2) is 22.9 Å². The fourth-order valence-corrected chi connectivity index (χ4v) is 2.56. The Hall–Kier alpha value is -1.12. The number of nitriles is 1. The molecule has 0 aliphatic carbocycles. The van der Waals surface area contributed by atoms with Crippen molar-refractivity contribution < 1.29 is 0 Å². The minimum Gasteiger partial charge on any atom is -0.368 e. The number of aromatic nitrogens is 1. The quantitative estimate of drug-likeness (QED) is 0.835. The molecule has 0 saturated carbocycles. The monoisotopic (exact) mass is 294 g/mol. The number of rotatable bonds is 2. The van der Waals surface area contributed by atoms with E-state index in [9.17, 15) is 0 Å². The maximum atomic E-state index is 8.89. The van der Waals surface area contributed by atoms with Gasteiger partial charge < -0.3 is 4.90 Å². The molecule has 1 unspecified atom stereocenters. The van der Waals surface area contributed by atoms with Crippen LogP contribution in [-0.4, -0.2) is 42.1 Å². The molecule has 90 valence electrons. The molecule has 1 aliphatic heterocycles. The zero-order valence-corrected chi connectivity index (χ0v) is 11.4. The Balaban J connectivity index is 2.01. The van der Waals surface area contributed by atoms with Crippen molar-refractivity contribution in [3.05, 3.63) is 22.9 Å². The molecule has 1 aliphatic rings. The van der Waals surface area contributed by atoms with Crippen LogP contribution >= 0.6 is 15.9 Å². The lowest BCUT2D eigenvalue weighted by molar-refractivity contribution is 0.231. The summed E-state index contributed by atoms with van der Waals surface area (Å²) in [6.07, 6.45) is 3.63. The summed E-state index contributed by atoms with van der Waals surface area (Å²) < 4.78 is 1.03. The van der Waals surface area contributed by atoms with E-state index in [0.717, 1.165) is 30.7 Å². The van der Waals surface area contributed by atoms with Crippen LogP contribution in [-0.2, 0) is 0 Å². The molecule has 2 heterocycles. The van der Waals surface area contributed by atoms with Crippen LogP contribution in [0.2, 0.25) is 0 Å². The van der Waals surface area contributed by atoms with Gasteiger partial charge in [-0.3, -0.25) is 9.88 Å². The van der Waals surface area contributed by atoms with Crippen molar-refractivity contribution in [3.63, 3.8) is 0 Å². The van der Waals surface area contributed by atoms with Gasteiger partial charge in [0.05, 0.1) is 22.3 Å². The van der Waals surface area contributed by atoms with Crippen LogP contribution in [0.3, 0.4) is 0 Å². The third kappa shape index (κ3) is 2.76. The lowest BCUT2D eigenvalue weighted by Crippen LogP contribution is -2.49. The average molecular weight is 295 g/mol. The summed E-state index contributed by atoms with van der Waals surface area (Å²) in [4.78, 5) is 8.61. The van der Waals surface area contributed by atoms with Crippen molar-refractivity contribution in [2.75, 3.05) is 31.1 Å². The number of anilines is 1. The molecule has 0 amide bonds. The first kappa shape index (κ1) is 12.3. The Kier molecular flexibility index (Phi) is 3.97. The third-order valence-corrected chi connectivity index (χ3v) is 3.75. The highest BCUT2D eigenvalue weighted by molar-refractivity contribution is 9.10. The second kappa shape index (κ2) is 5.48. The molecule has 1 aromatic heterocycles. The molecule has 1 atom stereocenters. The summed E-state index contributed by atoms with van der Waals surface area (Å²) in [6, 6.07) is 4.32. The molecule has 0 radical (unpaired) electrons. The Labute approximate surface area is 110 Å². The Morgan fingerprint density at radius 3 is 2.71 bits per heavy atom. The van der Waals surface area contributed by atoms with E-state index in [-0.39, 0.29) is 6.04 Å². The van der Waals surface area contributed by atoms with Gasteiger partial charge >= 0.3 is 0 Å². The van der Waals surface area contributed by atoms with Crippen LogP contribution in [0, 0.1) is 11.3 Å². The van der Waals surface area contributed by atoms with E-state index in [1.807, 2.05) is 25.4 Å². The molecule has 1 aromatic rings. The minimum absolute atomic E-state index is 0.0121. The van der Waals surface area contributed by atoms with Crippen LogP contribution in [0.5, 0.6) is 0 Å². The Morgan fingerprint density at radius 1 is 1.41 bits per heavy atom. The molecule has 0 bridgehead atoms. The Morgan fingerprint density at radius 2 is 2.12 bits per heavy atom. The smallest absolute Gasteiger partial charge is 0.0950 e. The lowest BCUT2D eigenvalue weighted by atomic mass is 10.2. The second-order valence-electron chi connectivity index (χ2n) is 4.16. The number of hydrogen-bond donors (Lipinski definition) is 0. The normalized spacial score (nSPS) is 18.8. The fraction of sp³-hybridized carbons (Fsp3) is 0.500. The molecule has 0 aromatic carbocycles. The van der Waals surface area contributed by atoms with Gasteiger partial charge in [-0.05, 0) is 28.9 Å². The highest BCUT2D eigenvalue weighted by atomic mass is 79.9. The van der Waals surface area contributed by atoms with E-state index in [0.29, 0.717) is 0 Å². The van der Waals surface area contributed by atoms with Crippen molar-refractivity contribution in [2.45, 2.75) is 13.0 Å². The van der Waals surface area contributed by atoms with E-state index in [4.69, 9.17) is 5.26 Å². The van der Waals surface area contributed by atoms with Gasteiger partial charge in [-0.2, -0.15) is 5.26 Å². The van der Waals surface area contributed by atoms with E-state index in [1.54, 1.807) is 0 Å². The van der Waals surface area contributed by atoms with Crippen molar-refractivity contribution in [1.82, 2.24) is 9.88 Å². The number of pyridine rings is 1. The topological polar surface area (TPSA) is 43.2 Å². The first-order valence-electron chi connectivity index (χ1n) is 5.70. The van der Waals surface area contributed by atoms with Gasteiger partial charge in [-0.25, -0.2) is 0 Å². The van der Waals surface area contributed by atoms with Crippen molar-refractivity contribution >= 4 is 21.6 Å². The number of nitrogens with zero attached hydrogens (tertiary/aromatic N) is 4. The third-order valence-electron chi connectivity index (χ3n) is 3.14. The van der Waals surface area contributed by atoms with Gasteiger partial charge in [-0.1, -0.05) is 0 Å². The summed E-state index contributed by atoms with van der Waals surface area (Å²) in [6.45, 7) is 5.73. The molecule has 4 nitrogen and oxygen atoms in total. The van der Waals surface area contributed by atoms with E-state index in [2.05, 4.69) is 36.8 Å². The molecule has 0 spiro atoms. The molecular weight excluding hydrogens is 280 g/mol. The first-order valence-corrected chi connectivity index (χ1v) is 6.50. The maximum absolute atomic E-state index is 8.89.